The van der Waals surface area contributed by atoms with Gasteiger partial charge < -0.3 is 26.6 Å². The van der Waals surface area contributed by atoms with Crippen molar-refractivity contribution < 1.29 is 24.2 Å². The first-order chi connectivity index (χ1) is 19.8. The number of ether oxygens (including phenoxy) is 1. The van der Waals surface area contributed by atoms with Gasteiger partial charge in [-0.2, -0.15) is 4.37 Å². The van der Waals surface area contributed by atoms with Gasteiger partial charge in [-0.25, -0.2) is 0 Å². The fourth-order valence-electron chi connectivity index (χ4n) is 5.66. The zero-order valence-corrected chi connectivity index (χ0v) is 23.6. The van der Waals surface area contributed by atoms with Gasteiger partial charge in [0.05, 0.1) is 11.8 Å². The number of benzene rings is 2. The molecule has 3 amide bonds. The predicted octanol–water partition coefficient (Wildman–Crippen LogP) is 4.26. The van der Waals surface area contributed by atoms with Gasteiger partial charge in [-0.15, -0.1) is 0 Å². The van der Waals surface area contributed by atoms with Crippen molar-refractivity contribution in [1.29, 1.82) is 0 Å². The van der Waals surface area contributed by atoms with Gasteiger partial charge in [0.1, 0.15) is 16.7 Å². The number of hydrogen-bond donors (Lipinski definition) is 4. The van der Waals surface area contributed by atoms with Crippen LogP contribution in [0.3, 0.4) is 0 Å². The van der Waals surface area contributed by atoms with Gasteiger partial charge in [0, 0.05) is 18.8 Å². The average molecular weight is 578 g/mol. The van der Waals surface area contributed by atoms with Crippen LogP contribution in [0.15, 0.2) is 48.5 Å². The summed E-state index contributed by atoms with van der Waals surface area (Å²) >= 11 is 0.763. The number of aromatic hydroxyl groups is 1. The van der Waals surface area contributed by atoms with Crippen LogP contribution in [0.4, 0.5) is 11.4 Å². The number of phenolic OH excluding ortho intramolecular Hbond substituents is 1. The highest BCUT2D eigenvalue weighted by molar-refractivity contribution is 7.09. The lowest BCUT2D eigenvalue weighted by atomic mass is 9.84. The summed E-state index contributed by atoms with van der Waals surface area (Å²) in [5, 5.41) is 12.9. The molecular weight excluding hydrogens is 542 g/mol. The van der Waals surface area contributed by atoms with Gasteiger partial charge in [0.15, 0.2) is 5.69 Å². The number of carbonyl (C=O) groups is 3. The molecule has 1 saturated heterocycles. The molecule has 2 aromatic carbocycles. The van der Waals surface area contributed by atoms with Crippen molar-refractivity contribution in [3.63, 3.8) is 0 Å². The van der Waals surface area contributed by atoms with Gasteiger partial charge in [-0.3, -0.25) is 19.3 Å². The molecule has 41 heavy (non-hydrogen) atoms. The Morgan fingerprint density at radius 1 is 1.02 bits per heavy atom. The van der Waals surface area contributed by atoms with E-state index in [0.29, 0.717) is 30.3 Å². The lowest BCUT2D eigenvalue weighted by molar-refractivity contribution is -0.123. The van der Waals surface area contributed by atoms with Crippen LogP contribution < -0.4 is 21.7 Å². The molecule has 216 valence electrons. The van der Waals surface area contributed by atoms with Crippen molar-refractivity contribution in [2.75, 3.05) is 23.8 Å². The average Bonchev–Trinajstić information content (AvgIpc) is 3.65. The number of nitrogen functional groups attached to an aromatic ring is 1. The highest BCUT2D eigenvalue weighted by Gasteiger charge is 2.36. The van der Waals surface area contributed by atoms with E-state index in [9.17, 15) is 19.5 Å². The molecule has 11 heteroatoms. The zero-order valence-electron chi connectivity index (χ0n) is 22.8. The molecule has 1 aromatic heterocycles. The zero-order chi connectivity index (χ0) is 28.9. The molecule has 1 aliphatic heterocycles. The van der Waals surface area contributed by atoms with Gasteiger partial charge >= 0.3 is 0 Å². The monoisotopic (exact) mass is 577 g/mol. The third kappa shape index (κ3) is 6.36. The maximum atomic E-state index is 14.2. The quantitative estimate of drug-likeness (QED) is 0.295. The summed E-state index contributed by atoms with van der Waals surface area (Å²) in [7, 11) is 0. The number of amides is 3. The van der Waals surface area contributed by atoms with Crippen LogP contribution in [-0.2, 0) is 9.53 Å². The molecule has 2 fully saturated rings. The Kier molecular flexibility index (Phi) is 8.84. The van der Waals surface area contributed by atoms with Crippen LogP contribution in [-0.4, -0.2) is 46.5 Å². The number of nitrogens with zero attached hydrogens (tertiary/aromatic N) is 2. The SMILES string of the molecule is NC(=O)c1nsc(C(=O)N(c2ccc(C3CCCCC3)cc2)[C@H](C(=O)NC[C@@H]2CCCO2)c2ccc(O)cc2)c1N. The number of anilines is 2. The second kappa shape index (κ2) is 12.7. The van der Waals surface area contributed by atoms with E-state index in [1.807, 2.05) is 24.3 Å². The molecule has 1 saturated carbocycles. The summed E-state index contributed by atoms with van der Waals surface area (Å²) < 4.78 is 9.69. The highest BCUT2D eigenvalue weighted by Crippen LogP contribution is 2.37. The second-order valence-electron chi connectivity index (χ2n) is 10.6. The van der Waals surface area contributed by atoms with E-state index in [2.05, 4.69) is 9.69 Å². The van der Waals surface area contributed by atoms with Crippen molar-refractivity contribution in [2.24, 2.45) is 5.73 Å². The van der Waals surface area contributed by atoms with E-state index in [1.54, 1.807) is 12.1 Å². The van der Waals surface area contributed by atoms with Crippen LogP contribution >= 0.6 is 11.5 Å². The fraction of sp³-hybridized carbons (Fsp3) is 0.400. The van der Waals surface area contributed by atoms with Gasteiger partial charge in [0.2, 0.25) is 5.91 Å². The molecule has 0 bridgehead atoms. The van der Waals surface area contributed by atoms with Crippen LogP contribution in [0.25, 0.3) is 0 Å². The van der Waals surface area contributed by atoms with Gasteiger partial charge in [-0.05, 0) is 78.5 Å². The normalized spacial score (nSPS) is 18.1. The smallest absolute Gasteiger partial charge is 0.273 e. The minimum absolute atomic E-state index is 0.00543. The summed E-state index contributed by atoms with van der Waals surface area (Å²) in [6.45, 7) is 0.942. The first-order valence-corrected chi connectivity index (χ1v) is 14.8. The molecule has 2 heterocycles. The van der Waals surface area contributed by atoms with E-state index < -0.39 is 23.8 Å². The van der Waals surface area contributed by atoms with Crippen molar-refractivity contribution in [3.8, 4) is 5.75 Å². The predicted molar refractivity (Wildman–Crippen MR) is 157 cm³/mol. The van der Waals surface area contributed by atoms with Crippen LogP contribution in [0.1, 0.15) is 88.2 Å². The molecule has 5 rings (SSSR count). The van der Waals surface area contributed by atoms with Crippen molar-refractivity contribution in [3.05, 3.63) is 70.2 Å². The topological polar surface area (TPSA) is 161 Å². The number of hydrogen-bond acceptors (Lipinski definition) is 8. The van der Waals surface area contributed by atoms with Crippen molar-refractivity contribution >= 4 is 40.6 Å². The Morgan fingerprint density at radius 2 is 1.73 bits per heavy atom. The molecule has 1 aliphatic carbocycles. The molecule has 2 atom stereocenters. The third-order valence-corrected chi connectivity index (χ3v) is 8.72. The number of nitrogens with one attached hydrogen (secondary N) is 1. The van der Waals surface area contributed by atoms with E-state index in [-0.39, 0.29) is 28.1 Å². The first-order valence-electron chi connectivity index (χ1n) is 14.0. The minimum atomic E-state index is -1.12. The molecular formula is C30H35N5O5S. The van der Waals surface area contributed by atoms with Gasteiger partial charge in [0.25, 0.3) is 11.8 Å². The van der Waals surface area contributed by atoms with E-state index >= 15 is 0 Å². The minimum Gasteiger partial charge on any atom is -0.508 e. The van der Waals surface area contributed by atoms with Crippen molar-refractivity contribution in [2.45, 2.75) is 63.0 Å². The second-order valence-corrected chi connectivity index (χ2v) is 11.4. The van der Waals surface area contributed by atoms with Crippen molar-refractivity contribution in [1.82, 2.24) is 9.69 Å². The maximum Gasteiger partial charge on any atom is 0.273 e. The number of phenols is 1. The number of rotatable bonds is 9. The highest BCUT2D eigenvalue weighted by atomic mass is 32.1. The third-order valence-electron chi connectivity index (χ3n) is 7.87. The number of carbonyl (C=O) groups excluding carboxylic acids is 3. The number of aromatic nitrogens is 1. The Hall–Kier alpha value is -3.96. The standard InChI is InChI=1S/C30H35N5O5S/c31-24-25(28(32)37)34-41-27(24)30(39)35(21-12-8-19(9-13-21)18-5-2-1-3-6-18)26(20-10-14-22(36)15-11-20)29(38)33-17-23-7-4-16-40-23/h8-15,18,23,26,36H,1-7,16-17,31H2,(H2,32,37)(H,33,38)/t23-,26-/m0/s1. The Bertz CT molecular complexity index is 1380. The molecule has 0 unspecified atom stereocenters. The van der Waals surface area contributed by atoms with Crippen LogP contribution in [0, 0.1) is 0 Å². The maximum absolute atomic E-state index is 14.2. The molecule has 0 radical (unpaired) electrons. The molecule has 3 aromatic rings. The summed E-state index contributed by atoms with van der Waals surface area (Å²) in [4.78, 5) is 41.4. The lowest BCUT2D eigenvalue weighted by Gasteiger charge is -2.32. The summed E-state index contributed by atoms with van der Waals surface area (Å²) in [6, 6.07) is 12.7. The summed E-state index contributed by atoms with van der Waals surface area (Å²) in [5.41, 5.74) is 13.4. The largest absolute Gasteiger partial charge is 0.508 e. The van der Waals surface area contributed by atoms with Crippen LogP contribution in [0.2, 0.25) is 0 Å². The van der Waals surface area contributed by atoms with E-state index in [0.717, 1.165) is 37.2 Å². The Labute approximate surface area is 242 Å². The molecule has 2 aliphatic rings. The first kappa shape index (κ1) is 28.6. The number of nitrogens with two attached hydrogens (primary N) is 2. The number of primary amides is 1. The van der Waals surface area contributed by atoms with Crippen LogP contribution in [0.5, 0.6) is 5.75 Å². The molecule has 6 N–H and O–H groups in total. The molecule has 10 nitrogen and oxygen atoms in total. The summed E-state index contributed by atoms with van der Waals surface area (Å²) in [6.07, 6.45) is 7.53. The lowest BCUT2D eigenvalue weighted by Crippen LogP contribution is -2.45. The Morgan fingerprint density at radius 3 is 2.34 bits per heavy atom. The van der Waals surface area contributed by atoms with E-state index in [4.69, 9.17) is 16.2 Å². The van der Waals surface area contributed by atoms with E-state index in [1.165, 1.54) is 41.9 Å². The summed E-state index contributed by atoms with van der Waals surface area (Å²) in [5.74, 6) is -1.37. The van der Waals surface area contributed by atoms with Gasteiger partial charge in [-0.1, -0.05) is 43.5 Å². The Balaban J connectivity index is 1.56. The fourth-order valence-corrected chi connectivity index (χ4v) is 6.40. The molecule has 0 spiro atoms.